The number of hydrogen-bond acceptors (Lipinski definition) is 6. The SMILES string of the molecule is CO[N+](=O)c1cccc(C(=O)N2CCN(CC(=O)OC(C)(C)C)CC2)c1. The molecule has 1 aliphatic heterocycles. The Morgan fingerprint density at radius 3 is 2.38 bits per heavy atom. The van der Waals surface area contributed by atoms with Crippen molar-refractivity contribution in [3.8, 4) is 0 Å². The van der Waals surface area contributed by atoms with Crippen LogP contribution in [0.25, 0.3) is 0 Å². The highest BCUT2D eigenvalue weighted by Gasteiger charge is 2.26. The number of rotatable bonds is 5. The lowest BCUT2D eigenvalue weighted by molar-refractivity contribution is -0.736. The van der Waals surface area contributed by atoms with Crippen LogP contribution in [0.2, 0.25) is 0 Å². The third kappa shape index (κ3) is 5.52. The van der Waals surface area contributed by atoms with Gasteiger partial charge in [0.25, 0.3) is 10.8 Å². The second-order valence-electron chi connectivity index (χ2n) is 7.14. The Kier molecular flexibility index (Phi) is 6.31. The summed E-state index contributed by atoms with van der Waals surface area (Å²) < 4.78 is 5.32. The average molecular weight is 364 g/mol. The first kappa shape index (κ1) is 19.8. The predicted octanol–water partition coefficient (Wildman–Crippen LogP) is 1.76. The van der Waals surface area contributed by atoms with Gasteiger partial charge in [-0.1, -0.05) is 6.07 Å². The highest BCUT2D eigenvalue weighted by atomic mass is 16.8. The van der Waals surface area contributed by atoms with E-state index in [0.29, 0.717) is 36.7 Å². The summed E-state index contributed by atoms with van der Waals surface area (Å²) >= 11 is 0. The first-order chi connectivity index (χ1) is 12.2. The Bertz CT molecular complexity index is 676. The molecule has 1 amide bonds. The number of esters is 1. The third-order valence-electron chi connectivity index (χ3n) is 3.90. The first-order valence-electron chi connectivity index (χ1n) is 8.54. The lowest BCUT2D eigenvalue weighted by atomic mass is 10.1. The van der Waals surface area contributed by atoms with Crippen LogP contribution in [0, 0.1) is 4.91 Å². The van der Waals surface area contributed by atoms with Gasteiger partial charge in [-0.25, -0.2) is 4.84 Å². The Balaban J connectivity index is 1.90. The topological polar surface area (TPSA) is 79.2 Å². The molecule has 8 heteroatoms. The van der Waals surface area contributed by atoms with E-state index in [0.717, 1.165) is 0 Å². The molecule has 1 heterocycles. The van der Waals surface area contributed by atoms with E-state index in [1.165, 1.54) is 13.2 Å². The van der Waals surface area contributed by atoms with E-state index >= 15 is 0 Å². The predicted molar refractivity (Wildman–Crippen MR) is 94.9 cm³/mol. The molecule has 2 rings (SSSR count). The number of ether oxygens (including phenoxy) is 1. The lowest BCUT2D eigenvalue weighted by Crippen LogP contribution is -2.50. The highest BCUT2D eigenvalue weighted by Crippen LogP contribution is 2.16. The Hall–Kier alpha value is -2.48. The van der Waals surface area contributed by atoms with Crippen molar-refractivity contribution in [2.75, 3.05) is 39.8 Å². The van der Waals surface area contributed by atoms with E-state index in [-0.39, 0.29) is 24.1 Å². The van der Waals surface area contributed by atoms with Crippen molar-refractivity contribution in [2.24, 2.45) is 0 Å². The molecule has 26 heavy (non-hydrogen) atoms. The van der Waals surface area contributed by atoms with Crippen molar-refractivity contribution in [2.45, 2.75) is 26.4 Å². The smallest absolute Gasteiger partial charge is 0.320 e. The fourth-order valence-corrected chi connectivity index (χ4v) is 2.71. The molecule has 0 atom stereocenters. The van der Waals surface area contributed by atoms with Gasteiger partial charge in [0.2, 0.25) is 0 Å². The minimum atomic E-state index is -0.502. The van der Waals surface area contributed by atoms with Crippen LogP contribution in [-0.2, 0) is 14.4 Å². The van der Waals surface area contributed by atoms with E-state index in [4.69, 9.17) is 4.74 Å². The minimum absolute atomic E-state index is 0.145. The molecule has 1 fully saturated rings. The van der Waals surface area contributed by atoms with Gasteiger partial charge >= 0.3 is 11.7 Å². The quantitative estimate of drug-likeness (QED) is 0.585. The molecule has 0 bridgehead atoms. The Labute approximate surface area is 153 Å². The standard InChI is InChI=1S/C18H26N3O5/c1-18(2,3)26-16(22)13-19-8-10-20(11-9-19)17(23)14-6-5-7-15(12-14)21(24)25-4/h5-7,12H,8-11,13H2,1-4H3/q+1. The molecular weight excluding hydrogens is 338 g/mol. The van der Waals surface area contributed by atoms with E-state index in [2.05, 4.69) is 4.84 Å². The zero-order valence-electron chi connectivity index (χ0n) is 15.7. The number of amides is 1. The summed E-state index contributed by atoms with van der Waals surface area (Å²) in [5, 5.41) is 0. The largest absolute Gasteiger partial charge is 0.459 e. The highest BCUT2D eigenvalue weighted by molar-refractivity contribution is 5.94. The second kappa shape index (κ2) is 8.27. The van der Waals surface area contributed by atoms with Crippen LogP contribution >= 0.6 is 0 Å². The van der Waals surface area contributed by atoms with Crippen molar-refractivity contribution in [1.29, 1.82) is 0 Å². The zero-order valence-corrected chi connectivity index (χ0v) is 15.7. The van der Waals surface area contributed by atoms with Gasteiger partial charge in [-0.3, -0.25) is 14.5 Å². The summed E-state index contributed by atoms with van der Waals surface area (Å²) in [6, 6.07) is 6.39. The molecule has 1 aromatic carbocycles. The monoisotopic (exact) mass is 364 g/mol. The normalized spacial score (nSPS) is 15.5. The van der Waals surface area contributed by atoms with Crippen LogP contribution in [0.15, 0.2) is 24.3 Å². The molecule has 142 valence electrons. The first-order valence-corrected chi connectivity index (χ1v) is 8.54. The molecule has 1 aromatic rings. The summed E-state index contributed by atoms with van der Waals surface area (Å²) in [7, 11) is 1.27. The average Bonchev–Trinajstić information content (AvgIpc) is 2.59. The Morgan fingerprint density at radius 1 is 1.15 bits per heavy atom. The van der Waals surface area contributed by atoms with Gasteiger partial charge in [0.05, 0.1) is 11.5 Å². The van der Waals surface area contributed by atoms with Gasteiger partial charge in [0, 0.05) is 43.9 Å². The molecule has 0 unspecified atom stereocenters. The Morgan fingerprint density at radius 2 is 1.81 bits per heavy atom. The fourth-order valence-electron chi connectivity index (χ4n) is 2.71. The molecule has 1 aliphatic rings. The van der Waals surface area contributed by atoms with Crippen molar-refractivity contribution < 1.29 is 24.1 Å². The molecule has 0 radical (unpaired) electrons. The van der Waals surface area contributed by atoms with Crippen molar-refractivity contribution in [1.82, 2.24) is 9.80 Å². The van der Waals surface area contributed by atoms with Crippen molar-refractivity contribution in [3.63, 3.8) is 0 Å². The summed E-state index contributed by atoms with van der Waals surface area (Å²) in [6.07, 6.45) is 0. The molecule has 0 spiro atoms. The number of carbonyl (C=O) groups is 2. The van der Waals surface area contributed by atoms with Crippen molar-refractivity contribution >= 4 is 17.6 Å². The maximum absolute atomic E-state index is 12.6. The molecule has 0 saturated carbocycles. The number of piperazine rings is 1. The summed E-state index contributed by atoms with van der Waals surface area (Å²) in [5.74, 6) is -0.409. The van der Waals surface area contributed by atoms with E-state index in [1.807, 2.05) is 25.7 Å². The van der Waals surface area contributed by atoms with Crippen LogP contribution in [0.5, 0.6) is 0 Å². The molecule has 8 nitrogen and oxygen atoms in total. The van der Waals surface area contributed by atoms with E-state index in [1.54, 1.807) is 23.1 Å². The fraction of sp³-hybridized carbons (Fsp3) is 0.556. The third-order valence-corrected chi connectivity index (χ3v) is 3.90. The van der Waals surface area contributed by atoms with Crippen LogP contribution in [0.4, 0.5) is 5.69 Å². The lowest BCUT2D eigenvalue weighted by Gasteiger charge is -2.34. The van der Waals surface area contributed by atoms with Gasteiger partial charge in [-0.15, -0.1) is 0 Å². The number of nitrogens with zero attached hydrogens (tertiary/aromatic N) is 3. The number of benzene rings is 1. The summed E-state index contributed by atoms with van der Waals surface area (Å²) in [4.78, 5) is 44.7. The van der Waals surface area contributed by atoms with Gasteiger partial charge < -0.3 is 9.64 Å². The maximum atomic E-state index is 12.6. The van der Waals surface area contributed by atoms with Crippen LogP contribution < -0.4 is 0 Å². The summed E-state index contributed by atoms with van der Waals surface area (Å²) in [5.41, 5.74) is 0.195. The minimum Gasteiger partial charge on any atom is -0.459 e. The molecular formula is C18H26N3O5+. The van der Waals surface area contributed by atoms with E-state index < -0.39 is 5.60 Å². The zero-order chi connectivity index (χ0) is 19.3. The van der Waals surface area contributed by atoms with Gasteiger partial charge in [-0.2, -0.15) is 0 Å². The maximum Gasteiger partial charge on any atom is 0.320 e. The summed E-state index contributed by atoms with van der Waals surface area (Å²) in [6.45, 7) is 7.93. The molecule has 1 saturated heterocycles. The van der Waals surface area contributed by atoms with Gasteiger partial charge in [0.15, 0.2) is 7.11 Å². The van der Waals surface area contributed by atoms with E-state index in [9.17, 15) is 14.5 Å². The van der Waals surface area contributed by atoms with Crippen LogP contribution in [-0.4, -0.2) is 72.0 Å². The molecule has 0 aliphatic carbocycles. The number of hydrogen-bond donors (Lipinski definition) is 0. The second-order valence-corrected chi connectivity index (χ2v) is 7.14. The molecule has 0 aromatic heterocycles. The van der Waals surface area contributed by atoms with Gasteiger partial charge in [0.1, 0.15) is 5.60 Å². The van der Waals surface area contributed by atoms with Crippen LogP contribution in [0.1, 0.15) is 31.1 Å². The van der Waals surface area contributed by atoms with Crippen LogP contribution in [0.3, 0.4) is 0 Å². The van der Waals surface area contributed by atoms with Crippen molar-refractivity contribution in [3.05, 3.63) is 34.7 Å². The molecule has 0 N–H and O–H groups in total. The van der Waals surface area contributed by atoms with Gasteiger partial charge in [-0.05, 0) is 26.8 Å². The number of carbonyl (C=O) groups excluding carboxylic acids is 2.